The topological polar surface area (TPSA) is 88.1 Å². The van der Waals surface area contributed by atoms with Gasteiger partial charge in [-0.15, -0.1) is 0 Å². The molecule has 0 aliphatic rings. The van der Waals surface area contributed by atoms with E-state index in [2.05, 4.69) is 10.3 Å². The smallest absolute Gasteiger partial charge is 0.341 e. The Labute approximate surface area is 174 Å². The largest absolute Gasteiger partial charge is 0.494 e. The van der Waals surface area contributed by atoms with Crippen LogP contribution in [-0.4, -0.2) is 46.0 Å². The second-order valence-corrected chi connectivity index (χ2v) is 6.16. The van der Waals surface area contributed by atoms with E-state index in [1.807, 2.05) is 18.2 Å². The van der Waals surface area contributed by atoms with Crippen LogP contribution in [0, 0.1) is 0 Å². The fourth-order valence-corrected chi connectivity index (χ4v) is 3.16. The number of carbonyl (C=O) groups is 1. The number of pyridine rings is 1. The molecule has 0 bridgehead atoms. The molecule has 0 amide bonds. The standard InChI is InChI=1S/C22H24N2O6/c1-6-30-22(25)15-12-23-20-14(8-7-9-16(20)26-2)19(15)24-13-10-17(27-3)21(29-5)18(11-13)28-4/h7-12H,6H2,1-5H3,(H,23,24). The molecular weight excluding hydrogens is 388 g/mol. The van der Waals surface area contributed by atoms with E-state index in [4.69, 9.17) is 23.7 Å². The molecule has 0 atom stereocenters. The van der Waals surface area contributed by atoms with Crippen molar-refractivity contribution in [3.05, 3.63) is 42.1 Å². The van der Waals surface area contributed by atoms with Gasteiger partial charge in [-0.05, 0) is 13.0 Å². The maximum Gasteiger partial charge on any atom is 0.341 e. The van der Waals surface area contributed by atoms with Crippen molar-refractivity contribution in [3.8, 4) is 23.0 Å². The van der Waals surface area contributed by atoms with Gasteiger partial charge in [-0.25, -0.2) is 4.79 Å². The first-order valence-corrected chi connectivity index (χ1v) is 9.27. The van der Waals surface area contributed by atoms with E-state index in [-0.39, 0.29) is 6.61 Å². The molecule has 8 heteroatoms. The first-order valence-electron chi connectivity index (χ1n) is 9.27. The highest BCUT2D eigenvalue weighted by atomic mass is 16.5. The number of para-hydroxylation sites is 1. The second-order valence-electron chi connectivity index (χ2n) is 6.16. The van der Waals surface area contributed by atoms with Crippen molar-refractivity contribution in [2.45, 2.75) is 6.92 Å². The highest BCUT2D eigenvalue weighted by molar-refractivity contribution is 6.07. The Hall–Kier alpha value is -3.68. The fourth-order valence-electron chi connectivity index (χ4n) is 3.16. The number of anilines is 2. The fraction of sp³-hybridized carbons (Fsp3) is 0.273. The Kier molecular flexibility index (Phi) is 6.46. The number of hydrogen-bond acceptors (Lipinski definition) is 8. The molecule has 3 rings (SSSR count). The lowest BCUT2D eigenvalue weighted by Gasteiger charge is -2.18. The molecule has 3 aromatic rings. The van der Waals surface area contributed by atoms with Crippen LogP contribution >= 0.6 is 0 Å². The van der Waals surface area contributed by atoms with E-state index in [0.717, 1.165) is 0 Å². The van der Waals surface area contributed by atoms with E-state index in [0.29, 0.717) is 50.8 Å². The Balaban J connectivity index is 2.21. The summed E-state index contributed by atoms with van der Waals surface area (Å²) in [7, 11) is 6.19. The number of fused-ring (bicyclic) bond motifs is 1. The van der Waals surface area contributed by atoms with E-state index < -0.39 is 5.97 Å². The molecule has 1 N–H and O–H groups in total. The number of ether oxygens (including phenoxy) is 5. The zero-order chi connectivity index (χ0) is 21.7. The summed E-state index contributed by atoms with van der Waals surface area (Å²) in [5.74, 6) is 1.54. The van der Waals surface area contributed by atoms with Gasteiger partial charge in [0.25, 0.3) is 0 Å². The summed E-state index contributed by atoms with van der Waals surface area (Å²) in [6, 6.07) is 9.00. The third-order valence-electron chi connectivity index (χ3n) is 4.51. The monoisotopic (exact) mass is 412 g/mol. The Morgan fingerprint density at radius 1 is 0.967 bits per heavy atom. The zero-order valence-electron chi connectivity index (χ0n) is 17.6. The molecular formula is C22H24N2O6. The van der Waals surface area contributed by atoms with Crippen molar-refractivity contribution in [1.29, 1.82) is 0 Å². The van der Waals surface area contributed by atoms with Gasteiger partial charge in [0.1, 0.15) is 16.8 Å². The third kappa shape index (κ3) is 3.89. The first-order chi connectivity index (χ1) is 14.6. The average Bonchev–Trinajstić information content (AvgIpc) is 2.78. The van der Waals surface area contributed by atoms with E-state index in [9.17, 15) is 4.79 Å². The van der Waals surface area contributed by atoms with Crippen LogP contribution in [0.2, 0.25) is 0 Å². The van der Waals surface area contributed by atoms with Gasteiger partial charge in [-0.1, -0.05) is 12.1 Å². The molecule has 2 aromatic carbocycles. The summed E-state index contributed by atoms with van der Waals surface area (Å²) in [5, 5.41) is 4.00. The molecule has 0 aliphatic carbocycles. The summed E-state index contributed by atoms with van der Waals surface area (Å²) in [6.07, 6.45) is 1.48. The summed E-state index contributed by atoms with van der Waals surface area (Å²) in [5.41, 5.74) is 2.08. The quantitative estimate of drug-likeness (QED) is 0.551. The molecule has 0 saturated heterocycles. The van der Waals surface area contributed by atoms with Gasteiger partial charge < -0.3 is 29.0 Å². The van der Waals surface area contributed by atoms with Crippen LogP contribution in [-0.2, 0) is 4.74 Å². The summed E-state index contributed by atoms with van der Waals surface area (Å²) in [4.78, 5) is 17.0. The normalized spacial score (nSPS) is 10.4. The maximum absolute atomic E-state index is 12.6. The number of benzene rings is 2. The van der Waals surface area contributed by atoms with Crippen LogP contribution in [0.1, 0.15) is 17.3 Å². The minimum Gasteiger partial charge on any atom is -0.494 e. The number of nitrogens with one attached hydrogen (secondary N) is 1. The van der Waals surface area contributed by atoms with Crippen LogP contribution in [0.15, 0.2) is 36.5 Å². The average molecular weight is 412 g/mol. The summed E-state index contributed by atoms with van der Waals surface area (Å²) >= 11 is 0. The Morgan fingerprint density at radius 2 is 1.63 bits per heavy atom. The van der Waals surface area contributed by atoms with Gasteiger partial charge in [0.2, 0.25) is 5.75 Å². The predicted molar refractivity (Wildman–Crippen MR) is 114 cm³/mol. The number of carbonyl (C=O) groups excluding carboxylic acids is 1. The van der Waals surface area contributed by atoms with E-state index in [1.165, 1.54) is 27.5 Å². The summed E-state index contributed by atoms with van der Waals surface area (Å²) in [6.45, 7) is 2.00. The van der Waals surface area contributed by atoms with Crippen molar-refractivity contribution in [2.75, 3.05) is 40.4 Å². The molecule has 0 radical (unpaired) electrons. The van der Waals surface area contributed by atoms with Crippen molar-refractivity contribution in [2.24, 2.45) is 0 Å². The SMILES string of the molecule is CCOC(=O)c1cnc2c(OC)cccc2c1Nc1cc(OC)c(OC)c(OC)c1. The van der Waals surface area contributed by atoms with Gasteiger partial charge >= 0.3 is 5.97 Å². The van der Waals surface area contributed by atoms with Gasteiger partial charge in [0.15, 0.2) is 11.5 Å². The third-order valence-corrected chi connectivity index (χ3v) is 4.51. The molecule has 0 fully saturated rings. The van der Waals surface area contributed by atoms with Gasteiger partial charge in [0.05, 0.1) is 40.7 Å². The van der Waals surface area contributed by atoms with Crippen molar-refractivity contribution < 1.29 is 28.5 Å². The number of rotatable bonds is 8. The van der Waals surface area contributed by atoms with Crippen LogP contribution in [0.5, 0.6) is 23.0 Å². The zero-order valence-corrected chi connectivity index (χ0v) is 17.6. The molecule has 158 valence electrons. The van der Waals surface area contributed by atoms with Gasteiger partial charge in [-0.3, -0.25) is 4.98 Å². The lowest BCUT2D eigenvalue weighted by Crippen LogP contribution is -2.09. The number of hydrogen-bond donors (Lipinski definition) is 1. The molecule has 0 aliphatic heterocycles. The van der Waals surface area contributed by atoms with Crippen LogP contribution in [0.3, 0.4) is 0 Å². The van der Waals surface area contributed by atoms with Gasteiger partial charge in [0, 0.05) is 29.4 Å². The number of esters is 1. The minimum atomic E-state index is -0.482. The highest BCUT2D eigenvalue weighted by Crippen LogP contribution is 2.42. The molecule has 1 heterocycles. The summed E-state index contributed by atoms with van der Waals surface area (Å²) < 4.78 is 26.9. The lowest BCUT2D eigenvalue weighted by molar-refractivity contribution is 0.0527. The first kappa shape index (κ1) is 21.0. The van der Waals surface area contributed by atoms with Crippen molar-refractivity contribution in [3.63, 3.8) is 0 Å². The van der Waals surface area contributed by atoms with Crippen LogP contribution in [0.4, 0.5) is 11.4 Å². The molecule has 0 spiro atoms. The number of methoxy groups -OCH3 is 4. The highest BCUT2D eigenvalue weighted by Gasteiger charge is 2.20. The molecule has 8 nitrogen and oxygen atoms in total. The van der Waals surface area contributed by atoms with E-state index in [1.54, 1.807) is 26.2 Å². The van der Waals surface area contributed by atoms with Crippen LogP contribution in [0.25, 0.3) is 10.9 Å². The predicted octanol–water partition coefficient (Wildman–Crippen LogP) is 4.19. The van der Waals surface area contributed by atoms with Crippen molar-refractivity contribution >= 4 is 28.2 Å². The van der Waals surface area contributed by atoms with Crippen LogP contribution < -0.4 is 24.3 Å². The molecule has 0 unspecified atom stereocenters. The molecule has 30 heavy (non-hydrogen) atoms. The van der Waals surface area contributed by atoms with Gasteiger partial charge in [-0.2, -0.15) is 0 Å². The molecule has 1 aromatic heterocycles. The van der Waals surface area contributed by atoms with Crippen molar-refractivity contribution in [1.82, 2.24) is 4.98 Å². The Morgan fingerprint density at radius 3 is 2.20 bits per heavy atom. The Bertz CT molecular complexity index is 1040. The number of aromatic nitrogens is 1. The second kappa shape index (κ2) is 9.21. The number of nitrogens with zero attached hydrogens (tertiary/aromatic N) is 1. The van der Waals surface area contributed by atoms with E-state index >= 15 is 0 Å². The lowest BCUT2D eigenvalue weighted by atomic mass is 10.1. The minimum absolute atomic E-state index is 0.249. The maximum atomic E-state index is 12.6. The molecule has 0 saturated carbocycles.